The second-order valence-corrected chi connectivity index (χ2v) is 8.61. The molecule has 7 heteroatoms. The van der Waals surface area contributed by atoms with Crippen LogP contribution in [-0.2, 0) is 13.0 Å². The number of benzene rings is 3. The van der Waals surface area contributed by atoms with E-state index in [1.807, 2.05) is 36.4 Å². The molecule has 0 N–H and O–H groups in total. The summed E-state index contributed by atoms with van der Waals surface area (Å²) in [5.41, 5.74) is 3.79. The van der Waals surface area contributed by atoms with Gasteiger partial charge in [-0.15, -0.1) is 0 Å². The van der Waals surface area contributed by atoms with E-state index in [4.69, 9.17) is 30.2 Å². The van der Waals surface area contributed by atoms with Crippen molar-refractivity contribution in [3.63, 3.8) is 0 Å². The first-order valence-corrected chi connectivity index (χ1v) is 11.3. The van der Waals surface area contributed by atoms with Crippen LogP contribution in [0.25, 0.3) is 22.1 Å². The summed E-state index contributed by atoms with van der Waals surface area (Å²) < 4.78 is 22.7. The molecule has 1 aromatic heterocycles. The summed E-state index contributed by atoms with van der Waals surface area (Å²) in [6.07, 6.45) is 2.34. The van der Waals surface area contributed by atoms with Gasteiger partial charge in [-0.3, -0.25) is 9.69 Å². The first-order chi connectivity index (χ1) is 16.6. The highest BCUT2D eigenvalue weighted by atomic mass is 35.5. The number of hydrogen-bond acceptors (Lipinski definition) is 6. The topological polar surface area (TPSA) is 61.1 Å². The molecule has 0 amide bonds. The quantitative estimate of drug-likeness (QED) is 0.364. The summed E-state index contributed by atoms with van der Waals surface area (Å²) in [5, 5.41) is 1.16. The van der Waals surface area contributed by atoms with E-state index in [1.54, 1.807) is 32.4 Å². The van der Waals surface area contributed by atoms with Crippen LogP contribution in [0.4, 0.5) is 0 Å². The number of rotatable bonds is 6. The van der Waals surface area contributed by atoms with E-state index in [2.05, 4.69) is 4.90 Å². The Balaban J connectivity index is 1.39. The van der Waals surface area contributed by atoms with Gasteiger partial charge in [-0.05, 0) is 53.9 Å². The molecule has 6 nitrogen and oxygen atoms in total. The molecule has 34 heavy (non-hydrogen) atoms. The van der Waals surface area contributed by atoms with Crippen LogP contribution in [-0.4, -0.2) is 32.4 Å². The molecule has 0 fully saturated rings. The van der Waals surface area contributed by atoms with Crippen LogP contribution in [0.3, 0.4) is 0 Å². The van der Waals surface area contributed by atoms with Gasteiger partial charge in [0.2, 0.25) is 5.43 Å². The molecule has 0 spiro atoms. The molecule has 0 bridgehead atoms. The van der Waals surface area contributed by atoms with Crippen molar-refractivity contribution < 1.29 is 18.6 Å². The molecule has 0 saturated heterocycles. The summed E-state index contributed by atoms with van der Waals surface area (Å²) >= 11 is 5.99. The van der Waals surface area contributed by atoms with Gasteiger partial charge in [0.15, 0.2) is 11.5 Å². The van der Waals surface area contributed by atoms with Gasteiger partial charge in [-0.1, -0.05) is 29.8 Å². The summed E-state index contributed by atoms with van der Waals surface area (Å²) in [6, 6.07) is 16.7. The summed E-state index contributed by atoms with van der Waals surface area (Å²) in [7, 11) is 3.26. The van der Waals surface area contributed by atoms with Crippen LogP contribution in [0.2, 0.25) is 5.02 Å². The Labute approximate surface area is 202 Å². The number of hydrogen-bond donors (Lipinski definition) is 0. The fraction of sp³-hybridized carbons (Fsp3) is 0.222. The molecule has 0 radical (unpaired) electrons. The van der Waals surface area contributed by atoms with Gasteiger partial charge < -0.3 is 18.6 Å². The highest BCUT2D eigenvalue weighted by Gasteiger charge is 2.23. The fourth-order valence-electron chi connectivity index (χ4n) is 4.25. The van der Waals surface area contributed by atoms with Crippen molar-refractivity contribution in [2.24, 2.45) is 0 Å². The maximum atomic E-state index is 13.2. The van der Waals surface area contributed by atoms with Crippen molar-refractivity contribution in [2.75, 3.05) is 27.5 Å². The fourth-order valence-corrected chi connectivity index (χ4v) is 4.38. The van der Waals surface area contributed by atoms with Crippen LogP contribution < -0.4 is 19.6 Å². The minimum Gasteiger partial charge on any atom is -0.493 e. The molecule has 4 aromatic rings. The van der Waals surface area contributed by atoms with Crippen molar-refractivity contribution in [1.29, 1.82) is 0 Å². The van der Waals surface area contributed by atoms with Crippen LogP contribution in [0.15, 0.2) is 70.1 Å². The molecule has 0 unspecified atom stereocenters. The number of fused-ring (bicyclic) bond motifs is 3. The van der Waals surface area contributed by atoms with Gasteiger partial charge in [0, 0.05) is 18.1 Å². The molecule has 0 saturated carbocycles. The van der Waals surface area contributed by atoms with Gasteiger partial charge in [-0.25, -0.2) is 0 Å². The molecule has 5 rings (SSSR count). The highest BCUT2D eigenvalue weighted by molar-refractivity contribution is 6.30. The standard InChI is InChI=1S/C27H24ClNO5/c1-31-24-9-3-17(13-25(24)32-2)11-12-29-14-21-23(34-16-29)10-8-20-26(30)22(15-33-27(20)21)18-4-6-19(28)7-5-18/h3-10,13,15H,11-12,14,16H2,1-2H3. The Morgan fingerprint density at radius 2 is 1.79 bits per heavy atom. The zero-order chi connectivity index (χ0) is 23.7. The van der Waals surface area contributed by atoms with Gasteiger partial charge in [0.1, 0.15) is 24.3 Å². The Morgan fingerprint density at radius 1 is 1.00 bits per heavy atom. The SMILES string of the molecule is COc1ccc(CCN2COc3ccc4c(=O)c(-c5ccc(Cl)cc5)coc4c3C2)cc1OC. The van der Waals surface area contributed by atoms with E-state index in [-0.39, 0.29) is 5.43 Å². The van der Waals surface area contributed by atoms with Crippen molar-refractivity contribution in [3.8, 4) is 28.4 Å². The molecule has 2 heterocycles. The average Bonchev–Trinajstić information content (AvgIpc) is 2.88. The lowest BCUT2D eigenvalue weighted by molar-refractivity contribution is 0.0968. The lowest BCUT2D eigenvalue weighted by Crippen LogP contribution is -2.33. The maximum Gasteiger partial charge on any atom is 0.200 e. The predicted molar refractivity (Wildman–Crippen MR) is 132 cm³/mol. The van der Waals surface area contributed by atoms with E-state index in [0.717, 1.165) is 35.4 Å². The van der Waals surface area contributed by atoms with Gasteiger partial charge in [-0.2, -0.15) is 0 Å². The third-order valence-corrected chi connectivity index (χ3v) is 6.36. The summed E-state index contributed by atoms with van der Waals surface area (Å²) in [4.78, 5) is 15.4. The number of methoxy groups -OCH3 is 2. The van der Waals surface area contributed by atoms with Gasteiger partial charge in [0.05, 0.1) is 30.7 Å². The predicted octanol–water partition coefficient (Wildman–Crippen LogP) is 5.53. The summed E-state index contributed by atoms with van der Waals surface area (Å²) in [6.45, 7) is 1.88. The van der Waals surface area contributed by atoms with Gasteiger partial charge in [0.25, 0.3) is 0 Å². The molecular formula is C27H24ClNO5. The zero-order valence-electron chi connectivity index (χ0n) is 19.0. The van der Waals surface area contributed by atoms with Crippen molar-refractivity contribution in [3.05, 3.63) is 87.2 Å². The molecule has 3 aromatic carbocycles. The highest BCUT2D eigenvalue weighted by Crippen LogP contribution is 2.33. The third kappa shape index (κ3) is 4.22. The Hall–Kier alpha value is -3.48. The second-order valence-electron chi connectivity index (χ2n) is 8.17. The van der Waals surface area contributed by atoms with E-state index in [0.29, 0.717) is 46.3 Å². The summed E-state index contributed by atoms with van der Waals surface area (Å²) in [5.74, 6) is 2.17. The zero-order valence-corrected chi connectivity index (χ0v) is 19.7. The third-order valence-electron chi connectivity index (χ3n) is 6.11. The van der Waals surface area contributed by atoms with E-state index >= 15 is 0 Å². The minimum absolute atomic E-state index is 0.0752. The molecule has 0 atom stereocenters. The minimum atomic E-state index is -0.0752. The number of nitrogens with zero attached hydrogens (tertiary/aromatic N) is 1. The van der Waals surface area contributed by atoms with Crippen molar-refractivity contribution >= 4 is 22.6 Å². The van der Waals surface area contributed by atoms with Crippen LogP contribution in [0, 0.1) is 0 Å². The Morgan fingerprint density at radius 3 is 2.56 bits per heavy atom. The van der Waals surface area contributed by atoms with E-state index < -0.39 is 0 Å². The first-order valence-electron chi connectivity index (χ1n) is 11.0. The number of ether oxygens (including phenoxy) is 3. The molecule has 174 valence electrons. The van der Waals surface area contributed by atoms with Crippen LogP contribution in [0.1, 0.15) is 11.1 Å². The largest absolute Gasteiger partial charge is 0.493 e. The van der Waals surface area contributed by atoms with Crippen LogP contribution in [0.5, 0.6) is 17.2 Å². The first kappa shape index (κ1) is 22.3. The Bertz CT molecular complexity index is 1400. The van der Waals surface area contributed by atoms with E-state index in [1.165, 1.54) is 6.26 Å². The van der Waals surface area contributed by atoms with Crippen LogP contribution >= 0.6 is 11.6 Å². The molecular weight excluding hydrogens is 454 g/mol. The van der Waals surface area contributed by atoms with Gasteiger partial charge >= 0.3 is 0 Å². The second kappa shape index (κ2) is 9.41. The lowest BCUT2D eigenvalue weighted by Gasteiger charge is -2.29. The molecule has 1 aliphatic heterocycles. The smallest absolute Gasteiger partial charge is 0.200 e. The monoisotopic (exact) mass is 477 g/mol. The lowest BCUT2D eigenvalue weighted by atomic mass is 10.0. The molecule has 0 aliphatic carbocycles. The maximum absolute atomic E-state index is 13.2. The van der Waals surface area contributed by atoms with E-state index in [9.17, 15) is 4.79 Å². The normalized spacial score (nSPS) is 13.4. The van der Waals surface area contributed by atoms with Crippen molar-refractivity contribution in [2.45, 2.75) is 13.0 Å². The number of halogens is 1. The average molecular weight is 478 g/mol. The molecule has 1 aliphatic rings. The Kier molecular flexibility index (Phi) is 6.18. The van der Waals surface area contributed by atoms with Crippen molar-refractivity contribution in [1.82, 2.24) is 4.90 Å².